The number of hydrogen-bond donors (Lipinski definition) is 1. The van der Waals surface area contributed by atoms with Gasteiger partial charge in [0.1, 0.15) is 12.3 Å². The average Bonchev–Trinajstić information content (AvgIpc) is 2.54. The Morgan fingerprint density at radius 2 is 2.00 bits per heavy atom. The van der Waals surface area contributed by atoms with Crippen molar-refractivity contribution in [2.45, 2.75) is 13.8 Å². The summed E-state index contributed by atoms with van der Waals surface area (Å²) in [7, 11) is 0. The zero-order valence-electron chi connectivity index (χ0n) is 13.4. The van der Waals surface area contributed by atoms with Gasteiger partial charge in [-0.1, -0.05) is 17.7 Å². The molecule has 24 heavy (non-hydrogen) atoms. The fraction of sp³-hybridized carbons (Fsp3) is 0.222. The molecule has 2 aromatic carbocycles. The zero-order chi connectivity index (χ0) is 17.3. The number of nitrogens with one attached hydrogen (secondary N) is 1. The molecule has 1 aliphatic heterocycles. The van der Waals surface area contributed by atoms with E-state index in [-0.39, 0.29) is 25.0 Å². The van der Waals surface area contributed by atoms with Gasteiger partial charge in [0.15, 0.2) is 6.61 Å². The predicted octanol–water partition coefficient (Wildman–Crippen LogP) is 3.32. The predicted molar refractivity (Wildman–Crippen MR) is 93.8 cm³/mol. The van der Waals surface area contributed by atoms with Crippen LogP contribution in [0.4, 0.5) is 11.4 Å². The molecular weight excluding hydrogens is 328 g/mol. The Balaban J connectivity index is 1.77. The molecule has 1 heterocycles. The maximum Gasteiger partial charge on any atom is 0.265 e. The highest BCUT2D eigenvalue weighted by Gasteiger charge is 2.27. The molecule has 5 nitrogen and oxygen atoms in total. The smallest absolute Gasteiger partial charge is 0.265 e. The van der Waals surface area contributed by atoms with Gasteiger partial charge in [0, 0.05) is 10.7 Å². The van der Waals surface area contributed by atoms with Gasteiger partial charge in [0.2, 0.25) is 5.91 Å². The topological polar surface area (TPSA) is 58.6 Å². The lowest BCUT2D eigenvalue weighted by molar-refractivity contribution is -0.123. The highest BCUT2D eigenvalue weighted by atomic mass is 35.5. The Kier molecular flexibility index (Phi) is 4.44. The summed E-state index contributed by atoms with van der Waals surface area (Å²) in [5.41, 5.74) is 3.46. The number of amides is 2. The van der Waals surface area contributed by atoms with Crippen LogP contribution in [0.3, 0.4) is 0 Å². The minimum Gasteiger partial charge on any atom is -0.482 e. The molecule has 0 atom stereocenters. The van der Waals surface area contributed by atoms with Gasteiger partial charge in [0.05, 0.1) is 5.69 Å². The van der Waals surface area contributed by atoms with Gasteiger partial charge in [-0.05, 0) is 55.3 Å². The number of anilines is 2. The summed E-state index contributed by atoms with van der Waals surface area (Å²) in [6.07, 6.45) is 0. The number of benzene rings is 2. The van der Waals surface area contributed by atoms with Crippen LogP contribution in [0.1, 0.15) is 11.1 Å². The van der Waals surface area contributed by atoms with Crippen molar-refractivity contribution < 1.29 is 14.3 Å². The molecule has 6 heteroatoms. The van der Waals surface area contributed by atoms with Crippen molar-refractivity contribution in [3.63, 3.8) is 0 Å². The lowest BCUT2D eigenvalue weighted by atomic mass is 10.1. The van der Waals surface area contributed by atoms with Crippen molar-refractivity contribution in [3.8, 4) is 5.75 Å². The number of ether oxygens (including phenoxy) is 1. The van der Waals surface area contributed by atoms with E-state index in [1.165, 1.54) is 4.90 Å². The Labute approximate surface area is 145 Å². The normalized spacial score (nSPS) is 13.3. The summed E-state index contributed by atoms with van der Waals surface area (Å²) in [6, 6.07) is 10.7. The Hall–Kier alpha value is -2.53. The van der Waals surface area contributed by atoms with E-state index in [9.17, 15) is 9.59 Å². The van der Waals surface area contributed by atoms with E-state index >= 15 is 0 Å². The van der Waals surface area contributed by atoms with Crippen LogP contribution < -0.4 is 15.0 Å². The fourth-order valence-electron chi connectivity index (χ4n) is 2.51. The van der Waals surface area contributed by atoms with E-state index in [0.717, 1.165) is 11.1 Å². The summed E-state index contributed by atoms with van der Waals surface area (Å²) in [5, 5.41) is 3.29. The van der Waals surface area contributed by atoms with Crippen LogP contribution in [-0.4, -0.2) is 25.0 Å². The third kappa shape index (κ3) is 3.36. The number of carbonyl (C=O) groups is 2. The van der Waals surface area contributed by atoms with E-state index in [2.05, 4.69) is 5.32 Å². The molecular formula is C18H17ClN2O3. The fourth-order valence-corrected chi connectivity index (χ4v) is 2.68. The van der Waals surface area contributed by atoms with Gasteiger partial charge in [-0.25, -0.2) is 0 Å². The van der Waals surface area contributed by atoms with E-state index in [1.54, 1.807) is 18.2 Å². The standard InChI is InChI=1S/C18H17ClN2O3/c1-11-3-5-14(7-12(11)2)20-17(22)9-21-15-8-13(19)4-6-16(15)24-10-18(21)23/h3-8H,9-10H2,1-2H3,(H,20,22). The van der Waals surface area contributed by atoms with Crippen molar-refractivity contribution >= 4 is 34.8 Å². The zero-order valence-corrected chi connectivity index (χ0v) is 14.2. The van der Waals surface area contributed by atoms with Crippen LogP contribution in [0.5, 0.6) is 5.75 Å². The van der Waals surface area contributed by atoms with Crippen LogP contribution in [0.25, 0.3) is 0 Å². The summed E-state index contributed by atoms with van der Waals surface area (Å²) in [6.45, 7) is 3.80. The molecule has 124 valence electrons. The van der Waals surface area contributed by atoms with Crippen LogP contribution in [0.15, 0.2) is 36.4 Å². The Morgan fingerprint density at radius 1 is 1.21 bits per heavy atom. The summed E-state index contributed by atoms with van der Waals surface area (Å²) >= 11 is 5.99. The first-order valence-corrected chi connectivity index (χ1v) is 7.91. The number of rotatable bonds is 3. The van der Waals surface area contributed by atoms with Crippen molar-refractivity contribution in [1.82, 2.24) is 0 Å². The molecule has 2 amide bonds. The third-order valence-corrected chi connectivity index (χ3v) is 4.19. The van der Waals surface area contributed by atoms with E-state index in [1.807, 2.05) is 32.0 Å². The van der Waals surface area contributed by atoms with Crippen molar-refractivity contribution in [1.29, 1.82) is 0 Å². The second-order valence-corrected chi connectivity index (χ2v) is 6.16. The monoisotopic (exact) mass is 344 g/mol. The maximum atomic E-state index is 12.3. The SMILES string of the molecule is Cc1ccc(NC(=O)CN2C(=O)COc3ccc(Cl)cc32)cc1C. The number of nitrogens with zero attached hydrogens (tertiary/aromatic N) is 1. The molecule has 3 rings (SSSR count). The van der Waals surface area contributed by atoms with Gasteiger partial charge in [-0.2, -0.15) is 0 Å². The first-order chi connectivity index (χ1) is 11.4. The van der Waals surface area contributed by atoms with E-state index in [4.69, 9.17) is 16.3 Å². The van der Waals surface area contributed by atoms with Gasteiger partial charge < -0.3 is 10.1 Å². The van der Waals surface area contributed by atoms with E-state index < -0.39 is 0 Å². The van der Waals surface area contributed by atoms with Gasteiger partial charge in [-0.15, -0.1) is 0 Å². The van der Waals surface area contributed by atoms with Crippen LogP contribution >= 0.6 is 11.6 Å². The third-order valence-electron chi connectivity index (χ3n) is 3.96. The highest BCUT2D eigenvalue weighted by Crippen LogP contribution is 2.34. The summed E-state index contributed by atoms with van der Waals surface area (Å²) < 4.78 is 5.37. The number of halogens is 1. The number of hydrogen-bond acceptors (Lipinski definition) is 3. The molecule has 2 aromatic rings. The second-order valence-electron chi connectivity index (χ2n) is 5.73. The summed E-state index contributed by atoms with van der Waals surface area (Å²) in [5.74, 6) is -0.0163. The number of fused-ring (bicyclic) bond motifs is 1. The van der Waals surface area contributed by atoms with Crippen molar-refractivity contribution in [3.05, 3.63) is 52.5 Å². The Morgan fingerprint density at radius 3 is 2.75 bits per heavy atom. The molecule has 0 aliphatic carbocycles. The molecule has 0 fully saturated rings. The van der Waals surface area contributed by atoms with Crippen LogP contribution in [-0.2, 0) is 9.59 Å². The maximum absolute atomic E-state index is 12.3. The Bertz CT molecular complexity index is 820. The first-order valence-electron chi connectivity index (χ1n) is 7.54. The van der Waals surface area contributed by atoms with Crippen LogP contribution in [0, 0.1) is 13.8 Å². The lowest BCUT2D eigenvalue weighted by Crippen LogP contribution is -2.43. The number of aryl methyl sites for hydroxylation is 2. The van der Waals surface area contributed by atoms with Gasteiger partial charge >= 0.3 is 0 Å². The second kappa shape index (κ2) is 6.53. The lowest BCUT2D eigenvalue weighted by Gasteiger charge is -2.29. The highest BCUT2D eigenvalue weighted by molar-refractivity contribution is 6.31. The largest absolute Gasteiger partial charge is 0.482 e. The number of carbonyl (C=O) groups excluding carboxylic acids is 2. The van der Waals surface area contributed by atoms with E-state index in [0.29, 0.717) is 22.1 Å². The quantitative estimate of drug-likeness (QED) is 0.929. The molecule has 1 N–H and O–H groups in total. The summed E-state index contributed by atoms with van der Waals surface area (Å²) in [4.78, 5) is 25.9. The molecule has 0 radical (unpaired) electrons. The molecule has 0 aromatic heterocycles. The van der Waals surface area contributed by atoms with Crippen molar-refractivity contribution in [2.24, 2.45) is 0 Å². The van der Waals surface area contributed by atoms with Crippen LogP contribution in [0.2, 0.25) is 5.02 Å². The molecule has 1 aliphatic rings. The molecule has 0 saturated heterocycles. The molecule has 0 unspecified atom stereocenters. The molecule has 0 spiro atoms. The van der Waals surface area contributed by atoms with Gasteiger partial charge in [0.25, 0.3) is 5.91 Å². The minimum absolute atomic E-state index is 0.0917. The van der Waals surface area contributed by atoms with Crippen molar-refractivity contribution in [2.75, 3.05) is 23.4 Å². The average molecular weight is 345 g/mol. The molecule has 0 saturated carbocycles. The first kappa shape index (κ1) is 16.3. The van der Waals surface area contributed by atoms with Gasteiger partial charge in [-0.3, -0.25) is 14.5 Å². The minimum atomic E-state index is -0.278. The molecule has 0 bridgehead atoms.